The molecular formula is C52H32O. The van der Waals surface area contributed by atoms with E-state index in [0.717, 1.165) is 27.5 Å². The number of hydrogen-bond donors (Lipinski definition) is 0. The molecule has 0 amide bonds. The van der Waals surface area contributed by atoms with E-state index in [1.165, 1.54) is 0 Å². The number of furan rings is 1. The molecule has 0 saturated heterocycles. The topological polar surface area (TPSA) is 13.1 Å². The van der Waals surface area contributed by atoms with E-state index in [0.29, 0.717) is 21.9 Å². The summed E-state index contributed by atoms with van der Waals surface area (Å²) >= 11 is 0. The first-order valence-electron chi connectivity index (χ1n) is 24.5. The van der Waals surface area contributed by atoms with Crippen LogP contribution in [0.25, 0.3) is 110 Å². The summed E-state index contributed by atoms with van der Waals surface area (Å²) in [5.74, 6) is 0. The minimum atomic E-state index is -0.646. The van der Waals surface area contributed by atoms with Crippen molar-refractivity contribution in [2.45, 2.75) is 0 Å². The Morgan fingerprint density at radius 1 is 0.321 bits per heavy atom. The van der Waals surface area contributed by atoms with E-state index in [1.807, 2.05) is 54.6 Å². The molecular weight excluding hydrogens is 641 g/mol. The average molecular weight is 688 g/mol. The predicted molar refractivity (Wildman–Crippen MR) is 225 cm³/mol. The zero-order chi connectivity index (χ0) is 47.9. The SMILES string of the molecule is [2H]c1c([2H])c([2H])c2c(-c3ccc4ccccc4c3-c3c4c([2H])c([2H])c([2H])c([2H])c4c(-c4ccc(-c5ccc6oc7ccccc7c6c5)cc4)c4c([2H])c([2H])c([2H])c([2H])c34)c([2H])c([2H])c([2H])c2c1[2H]. The van der Waals surface area contributed by atoms with Gasteiger partial charge >= 0.3 is 0 Å². The van der Waals surface area contributed by atoms with E-state index in [1.54, 1.807) is 48.5 Å². The Hall–Kier alpha value is -6.96. The molecule has 0 radical (unpaired) electrons. The smallest absolute Gasteiger partial charge is 0.135 e. The van der Waals surface area contributed by atoms with Crippen LogP contribution < -0.4 is 0 Å². The van der Waals surface area contributed by atoms with Crippen LogP contribution in [-0.4, -0.2) is 0 Å². The van der Waals surface area contributed by atoms with Crippen molar-refractivity contribution in [3.8, 4) is 44.5 Å². The van der Waals surface area contributed by atoms with Gasteiger partial charge in [-0.25, -0.2) is 0 Å². The number of rotatable bonds is 4. The van der Waals surface area contributed by atoms with Gasteiger partial charge < -0.3 is 4.42 Å². The Morgan fingerprint density at radius 3 is 1.68 bits per heavy atom. The van der Waals surface area contributed by atoms with Gasteiger partial charge in [-0.05, 0) is 106 Å². The Bertz CT molecular complexity index is 4000. The van der Waals surface area contributed by atoms with Crippen LogP contribution in [0.15, 0.2) is 198 Å². The van der Waals surface area contributed by atoms with E-state index in [2.05, 4.69) is 0 Å². The Morgan fingerprint density at radius 2 is 0.906 bits per heavy atom. The molecule has 1 heterocycles. The van der Waals surface area contributed by atoms with Gasteiger partial charge in [0.15, 0.2) is 0 Å². The van der Waals surface area contributed by atoms with Crippen LogP contribution >= 0.6 is 0 Å². The third kappa shape index (κ3) is 4.64. The lowest BCUT2D eigenvalue weighted by molar-refractivity contribution is 0.669. The van der Waals surface area contributed by atoms with Crippen LogP contribution in [0, 0.1) is 0 Å². The molecule has 0 aliphatic carbocycles. The van der Waals surface area contributed by atoms with Crippen molar-refractivity contribution < 1.29 is 25.0 Å². The summed E-state index contributed by atoms with van der Waals surface area (Å²) in [6.45, 7) is 0. The summed E-state index contributed by atoms with van der Waals surface area (Å²) in [6.07, 6.45) is 0. The van der Waals surface area contributed by atoms with E-state index in [4.69, 9.17) is 18.1 Å². The second kappa shape index (κ2) is 11.8. The van der Waals surface area contributed by atoms with Crippen molar-refractivity contribution in [2.75, 3.05) is 0 Å². The molecule has 0 spiro atoms. The highest BCUT2D eigenvalue weighted by atomic mass is 16.3. The van der Waals surface area contributed by atoms with Crippen LogP contribution in [0.3, 0.4) is 0 Å². The van der Waals surface area contributed by atoms with Crippen molar-refractivity contribution in [3.05, 3.63) is 194 Å². The van der Waals surface area contributed by atoms with Gasteiger partial charge in [-0.15, -0.1) is 0 Å². The molecule has 11 rings (SSSR count). The summed E-state index contributed by atoms with van der Waals surface area (Å²) in [6, 6.07) is 22.3. The van der Waals surface area contributed by atoms with Gasteiger partial charge in [0.1, 0.15) is 11.2 Å². The third-order valence-corrected chi connectivity index (χ3v) is 10.0. The third-order valence-electron chi connectivity index (χ3n) is 10.0. The first kappa shape index (κ1) is 18.5. The minimum absolute atomic E-state index is 0.0447. The van der Waals surface area contributed by atoms with Crippen molar-refractivity contribution in [1.29, 1.82) is 0 Å². The lowest BCUT2D eigenvalue weighted by Crippen LogP contribution is -1.94. The average Bonchev–Trinajstić information content (AvgIpc) is 3.73. The highest BCUT2D eigenvalue weighted by molar-refractivity contribution is 6.25. The summed E-state index contributed by atoms with van der Waals surface area (Å²) in [5, 5.41) is 1.99. The van der Waals surface area contributed by atoms with E-state index >= 15 is 0 Å². The first-order valence-corrected chi connectivity index (χ1v) is 17.0. The molecule has 1 nitrogen and oxygen atoms in total. The number of benzene rings is 10. The van der Waals surface area contributed by atoms with Crippen LogP contribution in [0.4, 0.5) is 0 Å². The Balaban J connectivity index is 1.32. The molecule has 0 unspecified atom stereocenters. The molecule has 0 saturated carbocycles. The Labute approximate surface area is 328 Å². The highest BCUT2D eigenvalue weighted by Gasteiger charge is 2.21. The fraction of sp³-hybridized carbons (Fsp3) is 0. The molecule has 10 aromatic carbocycles. The molecule has 0 bridgehead atoms. The highest BCUT2D eigenvalue weighted by Crippen LogP contribution is 2.49. The van der Waals surface area contributed by atoms with Crippen LogP contribution in [0.2, 0.25) is 0 Å². The van der Waals surface area contributed by atoms with Crippen LogP contribution in [0.5, 0.6) is 0 Å². The van der Waals surface area contributed by atoms with Gasteiger partial charge in [-0.3, -0.25) is 0 Å². The maximum Gasteiger partial charge on any atom is 0.135 e. The first-order chi connectivity index (χ1) is 32.5. The van der Waals surface area contributed by atoms with Gasteiger partial charge in [0.05, 0.1) is 20.6 Å². The normalized spacial score (nSPS) is 15.7. The zero-order valence-electron chi connectivity index (χ0n) is 42.7. The maximum atomic E-state index is 9.68. The standard InChI is InChI=1S/C52H32O/c1-3-15-38-34(12-1)14-11-22-40(38)46-30-28-35-13-2-4-16-39(35)51(46)52-44-20-7-5-18-42(44)50(43-19-6-8-21-45(43)52)36-26-24-33(25-27-36)37-29-31-49-47(32-37)41-17-9-10-23-48(41)53-49/h1-32H/i1D,3D,5D,6D,7D,8D,11D,12D,14D,15D,18D,19D,20D,21D,22D. The molecule has 0 fully saturated rings. The van der Waals surface area contributed by atoms with Crippen molar-refractivity contribution >= 4 is 65.0 Å². The van der Waals surface area contributed by atoms with Crippen molar-refractivity contribution in [3.63, 3.8) is 0 Å². The molecule has 11 aromatic rings. The second-order valence-electron chi connectivity index (χ2n) is 12.8. The molecule has 246 valence electrons. The maximum absolute atomic E-state index is 9.68. The van der Waals surface area contributed by atoms with Crippen molar-refractivity contribution in [1.82, 2.24) is 0 Å². The Kier molecular flexibility index (Phi) is 4.12. The number of hydrogen-bond acceptors (Lipinski definition) is 1. The number of fused-ring (bicyclic) bond motifs is 7. The molecule has 0 N–H and O–H groups in total. The molecule has 1 aromatic heterocycles. The molecule has 0 atom stereocenters. The summed E-state index contributed by atoms with van der Waals surface area (Å²) in [4.78, 5) is 0. The van der Waals surface area contributed by atoms with E-state index in [-0.39, 0.29) is 60.1 Å². The molecule has 0 aliphatic rings. The summed E-state index contributed by atoms with van der Waals surface area (Å²) in [5.41, 5.74) is 3.59. The largest absolute Gasteiger partial charge is 0.456 e. The van der Waals surface area contributed by atoms with Gasteiger partial charge in [-0.1, -0.05) is 176 Å². The molecule has 53 heavy (non-hydrogen) atoms. The van der Waals surface area contributed by atoms with E-state index in [9.17, 15) is 6.85 Å². The van der Waals surface area contributed by atoms with Gasteiger partial charge in [0.2, 0.25) is 0 Å². The van der Waals surface area contributed by atoms with Crippen molar-refractivity contribution in [2.24, 2.45) is 0 Å². The van der Waals surface area contributed by atoms with Gasteiger partial charge in [0.25, 0.3) is 0 Å². The van der Waals surface area contributed by atoms with Crippen LogP contribution in [-0.2, 0) is 0 Å². The van der Waals surface area contributed by atoms with Crippen LogP contribution in [0.1, 0.15) is 20.6 Å². The lowest BCUT2D eigenvalue weighted by atomic mass is 9.81. The quantitative estimate of drug-likeness (QED) is 0.168. The zero-order valence-corrected chi connectivity index (χ0v) is 27.7. The number of para-hydroxylation sites is 1. The summed E-state index contributed by atoms with van der Waals surface area (Å²) < 4.78 is 143. The van der Waals surface area contributed by atoms with E-state index < -0.39 is 90.6 Å². The summed E-state index contributed by atoms with van der Waals surface area (Å²) in [7, 11) is 0. The molecule has 1 heteroatoms. The second-order valence-corrected chi connectivity index (χ2v) is 12.8. The predicted octanol–water partition coefficient (Wildman–Crippen LogP) is 14.9. The minimum Gasteiger partial charge on any atom is -0.456 e. The molecule has 0 aliphatic heterocycles. The monoisotopic (exact) mass is 687 g/mol. The van der Waals surface area contributed by atoms with Gasteiger partial charge in [0, 0.05) is 10.8 Å². The lowest BCUT2D eigenvalue weighted by Gasteiger charge is -2.22. The fourth-order valence-electron chi connectivity index (χ4n) is 7.66. The fourth-order valence-corrected chi connectivity index (χ4v) is 7.66. The van der Waals surface area contributed by atoms with Gasteiger partial charge in [-0.2, -0.15) is 0 Å².